The molecule has 1 aliphatic rings. The van der Waals surface area contributed by atoms with Crippen LogP contribution in [0.5, 0.6) is 0 Å². The molecular weight excluding hydrogens is 294 g/mol. The van der Waals surface area contributed by atoms with Gasteiger partial charge in [-0.15, -0.1) is 0 Å². The van der Waals surface area contributed by atoms with Gasteiger partial charge in [0, 0.05) is 13.1 Å². The first-order valence-electron chi connectivity index (χ1n) is 7.28. The van der Waals surface area contributed by atoms with Crippen LogP contribution in [0, 0.1) is 0 Å². The summed E-state index contributed by atoms with van der Waals surface area (Å²) in [6, 6.07) is -0.107. The smallest absolute Gasteiger partial charge is 0.280 e. The van der Waals surface area contributed by atoms with E-state index in [1.807, 2.05) is 13.8 Å². The molecule has 0 aromatic carbocycles. The molecule has 0 spiro atoms. The second-order valence-corrected chi connectivity index (χ2v) is 8.10. The fraction of sp³-hybridized carbons (Fsp3) is 0.923. The molecule has 118 valence electrons. The lowest BCUT2D eigenvalue weighted by Crippen LogP contribution is -2.60. The summed E-state index contributed by atoms with van der Waals surface area (Å²) in [7, 11) is -2.00. The van der Waals surface area contributed by atoms with Gasteiger partial charge in [0.1, 0.15) is 0 Å². The number of nitrogens with two attached hydrogens (primary N) is 1. The van der Waals surface area contributed by atoms with Crippen molar-refractivity contribution in [2.75, 3.05) is 7.05 Å². The van der Waals surface area contributed by atoms with Gasteiger partial charge in [-0.3, -0.25) is 0 Å². The third-order valence-electron chi connectivity index (χ3n) is 4.11. The van der Waals surface area contributed by atoms with Gasteiger partial charge < -0.3 is 5.73 Å². The molecule has 0 unspecified atom stereocenters. The van der Waals surface area contributed by atoms with Gasteiger partial charge in [-0.25, -0.2) is 0 Å². The summed E-state index contributed by atoms with van der Waals surface area (Å²) in [5.74, 6) is 0. The van der Waals surface area contributed by atoms with Crippen LogP contribution in [0.4, 0.5) is 0 Å². The number of nitrogens with one attached hydrogen (secondary N) is 1. The summed E-state index contributed by atoms with van der Waals surface area (Å²) in [5, 5.41) is 0. The van der Waals surface area contributed by atoms with Gasteiger partial charge in [0.05, 0.1) is 10.5 Å². The van der Waals surface area contributed by atoms with Gasteiger partial charge in [-0.1, -0.05) is 44.3 Å². The molecule has 20 heavy (non-hydrogen) atoms. The average Bonchev–Trinajstić information content (AvgIpc) is 2.31. The third-order valence-corrected chi connectivity index (χ3v) is 6.33. The second kappa shape index (κ2) is 7.15. The fourth-order valence-corrected chi connectivity index (χ4v) is 4.33. The van der Waals surface area contributed by atoms with Crippen LogP contribution in [0.3, 0.4) is 0 Å². The van der Waals surface area contributed by atoms with Crippen LogP contribution in [0.15, 0.2) is 0 Å². The van der Waals surface area contributed by atoms with E-state index >= 15 is 0 Å². The number of hydrogen-bond acceptors (Lipinski definition) is 3. The monoisotopic (exact) mass is 321 g/mol. The van der Waals surface area contributed by atoms with Crippen molar-refractivity contribution in [1.29, 1.82) is 0 Å². The first kappa shape index (κ1) is 17.8. The largest absolute Gasteiger partial charge is 0.392 e. The number of nitrogens with zero attached hydrogens (tertiary/aromatic N) is 1. The van der Waals surface area contributed by atoms with Crippen molar-refractivity contribution in [3.05, 3.63) is 0 Å². The molecule has 1 saturated carbocycles. The fourth-order valence-electron chi connectivity index (χ4n) is 2.50. The molecule has 1 fully saturated rings. The Balaban J connectivity index is 2.98. The van der Waals surface area contributed by atoms with E-state index in [1.165, 1.54) is 10.7 Å². The van der Waals surface area contributed by atoms with E-state index < -0.39 is 15.7 Å². The predicted molar refractivity (Wildman–Crippen MR) is 86.8 cm³/mol. The van der Waals surface area contributed by atoms with Crippen LogP contribution in [0.1, 0.15) is 58.8 Å². The normalized spacial score (nSPS) is 20.6. The molecule has 0 bridgehead atoms. The highest BCUT2D eigenvalue weighted by Gasteiger charge is 2.39. The maximum atomic E-state index is 12.4. The van der Waals surface area contributed by atoms with E-state index in [9.17, 15) is 8.42 Å². The summed E-state index contributed by atoms with van der Waals surface area (Å²) in [6.45, 7) is 3.68. The summed E-state index contributed by atoms with van der Waals surface area (Å²) in [6.07, 6.45) is 6.68. The van der Waals surface area contributed by atoms with Gasteiger partial charge in [0.25, 0.3) is 10.2 Å². The molecule has 0 aliphatic heterocycles. The summed E-state index contributed by atoms with van der Waals surface area (Å²) in [5.41, 5.74) is 5.13. The molecule has 0 saturated heterocycles. The topological polar surface area (TPSA) is 75.4 Å². The van der Waals surface area contributed by atoms with E-state index in [4.69, 9.17) is 18.0 Å². The summed E-state index contributed by atoms with van der Waals surface area (Å²) < 4.78 is 29.0. The minimum absolute atomic E-state index is 0.107. The Labute approximate surface area is 128 Å². The average molecular weight is 322 g/mol. The third kappa shape index (κ3) is 4.38. The molecule has 0 amide bonds. The van der Waals surface area contributed by atoms with Crippen LogP contribution in [0.25, 0.3) is 0 Å². The van der Waals surface area contributed by atoms with Crippen LogP contribution in [-0.4, -0.2) is 36.3 Å². The first-order chi connectivity index (χ1) is 9.21. The van der Waals surface area contributed by atoms with Crippen molar-refractivity contribution in [2.24, 2.45) is 5.73 Å². The van der Waals surface area contributed by atoms with Crippen molar-refractivity contribution in [3.8, 4) is 0 Å². The molecule has 0 heterocycles. The van der Waals surface area contributed by atoms with Crippen LogP contribution >= 0.6 is 12.2 Å². The van der Waals surface area contributed by atoms with E-state index in [0.29, 0.717) is 12.8 Å². The molecule has 7 heteroatoms. The van der Waals surface area contributed by atoms with Gasteiger partial charge in [0.15, 0.2) is 0 Å². The minimum atomic E-state index is -3.57. The Morgan fingerprint density at radius 2 is 1.65 bits per heavy atom. The van der Waals surface area contributed by atoms with Gasteiger partial charge in [-0.05, 0) is 26.7 Å². The second-order valence-electron chi connectivity index (χ2n) is 5.93. The summed E-state index contributed by atoms with van der Waals surface area (Å²) in [4.78, 5) is 0.264. The zero-order valence-electron chi connectivity index (χ0n) is 12.7. The van der Waals surface area contributed by atoms with Crippen LogP contribution in [0.2, 0.25) is 0 Å². The van der Waals surface area contributed by atoms with Crippen LogP contribution in [-0.2, 0) is 10.2 Å². The Morgan fingerprint density at radius 1 is 1.20 bits per heavy atom. The van der Waals surface area contributed by atoms with Crippen LogP contribution < -0.4 is 10.5 Å². The highest BCUT2D eigenvalue weighted by atomic mass is 32.2. The maximum Gasteiger partial charge on any atom is 0.280 e. The SMILES string of the molecule is CC(C)N(C)S(=O)(=O)NC1(C(N)=S)CCCCCCC1. The lowest BCUT2D eigenvalue weighted by Gasteiger charge is -2.37. The molecule has 0 aromatic rings. The zero-order valence-corrected chi connectivity index (χ0v) is 14.3. The molecule has 1 aliphatic carbocycles. The number of thiocarbonyl (C=S) groups is 1. The lowest BCUT2D eigenvalue weighted by molar-refractivity contribution is 0.346. The Hall–Kier alpha value is -0.240. The van der Waals surface area contributed by atoms with Gasteiger partial charge in [-0.2, -0.15) is 17.4 Å². The Kier molecular flexibility index (Phi) is 6.37. The van der Waals surface area contributed by atoms with Crippen molar-refractivity contribution in [1.82, 2.24) is 9.03 Å². The predicted octanol–water partition coefficient (Wildman–Crippen LogP) is 1.93. The highest BCUT2D eigenvalue weighted by molar-refractivity contribution is 7.87. The molecule has 3 N–H and O–H groups in total. The molecule has 0 atom stereocenters. The van der Waals surface area contributed by atoms with E-state index in [2.05, 4.69) is 4.72 Å². The van der Waals surface area contributed by atoms with Crippen molar-refractivity contribution in [3.63, 3.8) is 0 Å². The lowest BCUT2D eigenvalue weighted by atomic mass is 9.85. The molecule has 0 radical (unpaired) electrons. The summed E-state index contributed by atoms with van der Waals surface area (Å²) >= 11 is 5.18. The number of rotatable bonds is 5. The molecule has 5 nitrogen and oxygen atoms in total. The van der Waals surface area contributed by atoms with Gasteiger partial charge >= 0.3 is 0 Å². The molecule has 1 rings (SSSR count). The minimum Gasteiger partial charge on any atom is -0.392 e. The maximum absolute atomic E-state index is 12.4. The first-order valence-corrected chi connectivity index (χ1v) is 9.13. The van der Waals surface area contributed by atoms with Crippen molar-refractivity contribution in [2.45, 2.75) is 70.4 Å². The highest BCUT2D eigenvalue weighted by Crippen LogP contribution is 2.28. The molecular formula is C13H27N3O2S2. The van der Waals surface area contributed by atoms with Crippen molar-refractivity contribution >= 4 is 27.4 Å². The zero-order chi connectivity index (χ0) is 15.4. The number of hydrogen-bond donors (Lipinski definition) is 2. The van der Waals surface area contributed by atoms with E-state index in [1.54, 1.807) is 7.05 Å². The Bertz CT molecular complexity index is 427. The molecule has 0 aromatic heterocycles. The van der Waals surface area contributed by atoms with Crippen molar-refractivity contribution < 1.29 is 8.42 Å². The van der Waals surface area contributed by atoms with E-state index in [0.717, 1.165) is 25.7 Å². The van der Waals surface area contributed by atoms with Gasteiger partial charge in [0.2, 0.25) is 0 Å². The standard InChI is InChI=1S/C13H27N3O2S2/c1-11(2)16(3)20(17,18)15-13(12(14)19)9-7-5-4-6-8-10-13/h11,15H,4-10H2,1-3H3,(H2,14,19). The Morgan fingerprint density at radius 3 is 2.05 bits per heavy atom. The quantitative estimate of drug-likeness (QED) is 0.759. The van der Waals surface area contributed by atoms with E-state index in [-0.39, 0.29) is 11.0 Å².